The Balaban J connectivity index is 4.78. The van der Waals surface area contributed by atoms with E-state index in [1.54, 1.807) is 13.8 Å². The molecule has 0 radical (unpaired) electrons. The van der Waals surface area contributed by atoms with E-state index in [1.165, 1.54) is 0 Å². The molecule has 0 bridgehead atoms. The second-order valence-corrected chi connectivity index (χ2v) is 6.64. The van der Waals surface area contributed by atoms with Crippen molar-refractivity contribution in [3.8, 4) is 0 Å². The molecule has 0 fully saturated rings. The number of carbonyl (C=O) groups is 4. The summed E-state index contributed by atoms with van der Waals surface area (Å²) in [6.07, 6.45) is 0.677. The maximum Gasteiger partial charge on any atom is 0.322 e. The molecule has 11 N–H and O–H groups in total. The molecule has 0 aliphatic heterocycles. The molecule has 0 saturated heterocycles. The minimum atomic E-state index is -1.33. The molecular formula is C16H31N7O6. The number of rotatable bonds is 13. The maximum atomic E-state index is 12.4. The monoisotopic (exact) mass is 417 g/mol. The summed E-state index contributed by atoms with van der Waals surface area (Å²) >= 11 is 0. The number of carbonyl (C=O) groups excluding carboxylic acids is 3. The Bertz CT molecular complexity index is 607. The van der Waals surface area contributed by atoms with Crippen molar-refractivity contribution in [3.05, 3.63) is 0 Å². The number of nitrogens with zero attached hydrogens (tertiary/aromatic N) is 1. The topological polar surface area (TPSA) is 235 Å². The summed E-state index contributed by atoms with van der Waals surface area (Å²) in [6, 6.07) is -3.34. The fraction of sp³-hybridized carbons (Fsp3) is 0.688. The van der Waals surface area contributed by atoms with Crippen molar-refractivity contribution in [1.82, 2.24) is 16.0 Å². The summed E-state index contributed by atoms with van der Waals surface area (Å²) in [4.78, 5) is 50.9. The van der Waals surface area contributed by atoms with Gasteiger partial charge in [0.15, 0.2) is 5.96 Å². The number of aliphatic hydroxyl groups is 1. The number of carboxylic acid groups (broad SMARTS) is 1. The lowest BCUT2D eigenvalue weighted by molar-refractivity contribution is -0.139. The molecule has 0 aliphatic carbocycles. The van der Waals surface area contributed by atoms with Crippen LogP contribution in [0.2, 0.25) is 0 Å². The Morgan fingerprint density at radius 1 is 1.03 bits per heavy atom. The molecule has 0 spiro atoms. The van der Waals surface area contributed by atoms with Crippen LogP contribution in [0.25, 0.3) is 0 Å². The van der Waals surface area contributed by atoms with Crippen LogP contribution < -0.4 is 33.2 Å². The van der Waals surface area contributed by atoms with Gasteiger partial charge < -0.3 is 43.4 Å². The average molecular weight is 417 g/mol. The Morgan fingerprint density at radius 3 is 2.14 bits per heavy atom. The molecule has 0 aromatic rings. The Morgan fingerprint density at radius 2 is 1.66 bits per heavy atom. The van der Waals surface area contributed by atoms with Crippen molar-refractivity contribution in [2.45, 2.75) is 44.8 Å². The predicted octanol–water partition coefficient (Wildman–Crippen LogP) is -3.81. The lowest BCUT2D eigenvalue weighted by Gasteiger charge is -2.25. The van der Waals surface area contributed by atoms with Crippen LogP contribution in [0.4, 0.5) is 0 Å². The van der Waals surface area contributed by atoms with Gasteiger partial charge in [-0.15, -0.1) is 0 Å². The first-order valence-electron chi connectivity index (χ1n) is 9.01. The summed E-state index contributed by atoms with van der Waals surface area (Å²) in [5.74, 6) is -3.86. The van der Waals surface area contributed by atoms with Crippen LogP contribution in [0, 0.1) is 5.92 Å². The van der Waals surface area contributed by atoms with Gasteiger partial charge in [0.2, 0.25) is 17.7 Å². The van der Waals surface area contributed by atoms with Crippen LogP contribution in [0.15, 0.2) is 4.99 Å². The lowest BCUT2D eigenvalue weighted by atomic mass is 10.0. The first-order chi connectivity index (χ1) is 13.5. The zero-order valence-electron chi connectivity index (χ0n) is 16.6. The molecule has 0 aliphatic rings. The van der Waals surface area contributed by atoms with Crippen molar-refractivity contribution < 1.29 is 29.4 Å². The molecule has 0 aromatic heterocycles. The largest absolute Gasteiger partial charge is 0.480 e. The molecular weight excluding hydrogens is 386 g/mol. The minimum Gasteiger partial charge on any atom is -0.480 e. The van der Waals surface area contributed by atoms with E-state index in [1.807, 2.05) is 0 Å². The Hall–Kier alpha value is -2.93. The van der Waals surface area contributed by atoms with Gasteiger partial charge in [0, 0.05) is 6.54 Å². The second-order valence-electron chi connectivity index (χ2n) is 6.64. The van der Waals surface area contributed by atoms with Gasteiger partial charge in [-0.1, -0.05) is 13.8 Å². The van der Waals surface area contributed by atoms with Crippen molar-refractivity contribution in [2.75, 3.05) is 19.7 Å². The molecule has 3 amide bonds. The van der Waals surface area contributed by atoms with E-state index in [-0.39, 0.29) is 24.8 Å². The predicted molar refractivity (Wildman–Crippen MR) is 104 cm³/mol. The van der Waals surface area contributed by atoms with E-state index >= 15 is 0 Å². The molecule has 13 nitrogen and oxygen atoms in total. The van der Waals surface area contributed by atoms with Crippen LogP contribution in [-0.4, -0.2) is 77.7 Å². The third-order valence-corrected chi connectivity index (χ3v) is 3.78. The summed E-state index contributed by atoms with van der Waals surface area (Å²) in [5.41, 5.74) is 16.1. The Labute approximate surface area is 168 Å². The van der Waals surface area contributed by atoms with Crippen LogP contribution in [0.5, 0.6) is 0 Å². The SMILES string of the molecule is CC(C)C(NC(=O)C(CO)NC(=O)C(N)CCCN=C(N)N)C(=O)NCC(=O)O. The number of guanidine groups is 1. The van der Waals surface area contributed by atoms with E-state index in [0.29, 0.717) is 6.42 Å². The molecule has 0 rings (SSSR count). The van der Waals surface area contributed by atoms with Gasteiger partial charge in [-0.2, -0.15) is 0 Å². The standard InChI is InChI=1S/C16H31N7O6/c1-8(2)12(15(29)21-6-11(25)26)23-14(28)10(7-24)22-13(27)9(17)4-3-5-20-16(18)19/h8-10,12,24H,3-7,17H2,1-2H3,(H,21,29)(H,22,27)(H,23,28)(H,25,26)(H4,18,19,20). The number of aliphatic carboxylic acids is 1. The molecule has 13 heteroatoms. The van der Waals surface area contributed by atoms with Crippen molar-refractivity contribution in [1.29, 1.82) is 0 Å². The lowest BCUT2D eigenvalue weighted by Crippen LogP contribution is -2.58. The van der Waals surface area contributed by atoms with Crippen LogP contribution >= 0.6 is 0 Å². The Kier molecular flexibility index (Phi) is 11.9. The van der Waals surface area contributed by atoms with Gasteiger partial charge in [0.25, 0.3) is 0 Å². The van der Waals surface area contributed by atoms with E-state index in [0.717, 1.165) is 0 Å². The molecule has 0 saturated carbocycles. The number of aliphatic imine (C=N–C) groups is 1. The molecule has 0 heterocycles. The van der Waals surface area contributed by atoms with E-state index < -0.39 is 55.0 Å². The fourth-order valence-corrected chi connectivity index (χ4v) is 2.18. The fourth-order valence-electron chi connectivity index (χ4n) is 2.18. The second kappa shape index (κ2) is 13.3. The zero-order chi connectivity index (χ0) is 22.6. The molecule has 0 aromatic carbocycles. The van der Waals surface area contributed by atoms with E-state index in [2.05, 4.69) is 20.9 Å². The molecule has 166 valence electrons. The van der Waals surface area contributed by atoms with Gasteiger partial charge in [-0.3, -0.25) is 24.2 Å². The number of carboxylic acids is 1. The van der Waals surface area contributed by atoms with Gasteiger partial charge in [-0.05, 0) is 18.8 Å². The number of nitrogens with one attached hydrogen (secondary N) is 3. The van der Waals surface area contributed by atoms with Crippen molar-refractivity contribution >= 4 is 29.7 Å². The number of aliphatic hydroxyl groups excluding tert-OH is 1. The summed E-state index contributed by atoms with van der Waals surface area (Å²) in [7, 11) is 0. The van der Waals surface area contributed by atoms with Gasteiger partial charge in [-0.25, -0.2) is 0 Å². The highest BCUT2D eigenvalue weighted by Crippen LogP contribution is 2.03. The third kappa shape index (κ3) is 10.8. The van der Waals surface area contributed by atoms with Crippen LogP contribution in [-0.2, 0) is 19.2 Å². The third-order valence-electron chi connectivity index (χ3n) is 3.78. The van der Waals surface area contributed by atoms with Gasteiger partial charge >= 0.3 is 5.97 Å². The highest BCUT2D eigenvalue weighted by Gasteiger charge is 2.29. The number of nitrogens with two attached hydrogens (primary N) is 3. The van der Waals surface area contributed by atoms with Gasteiger partial charge in [0.1, 0.15) is 18.6 Å². The molecule has 3 unspecified atom stereocenters. The summed E-state index contributed by atoms with van der Waals surface area (Å²) in [5, 5.41) is 24.9. The average Bonchev–Trinajstić information content (AvgIpc) is 2.64. The smallest absolute Gasteiger partial charge is 0.322 e. The van der Waals surface area contributed by atoms with Gasteiger partial charge in [0.05, 0.1) is 12.6 Å². The first kappa shape index (κ1) is 26.1. The zero-order valence-corrected chi connectivity index (χ0v) is 16.6. The quantitative estimate of drug-likeness (QED) is 0.0831. The number of hydrogen-bond acceptors (Lipinski definition) is 7. The van der Waals surface area contributed by atoms with E-state index in [4.69, 9.17) is 22.3 Å². The minimum absolute atomic E-state index is 0.0767. The molecule has 29 heavy (non-hydrogen) atoms. The van der Waals surface area contributed by atoms with Crippen LogP contribution in [0.1, 0.15) is 26.7 Å². The highest BCUT2D eigenvalue weighted by atomic mass is 16.4. The number of amides is 3. The number of hydrogen-bond donors (Lipinski definition) is 8. The van der Waals surface area contributed by atoms with Crippen LogP contribution in [0.3, 0.4) is 0 Å². The normalized spacial score (nSPS) is 13.7. The van der Waals surface area contributed by atoms with Crippen molar-refractivity contribution in [3.63, 3.8) is 0 Å². The summed E-state index contributed by atoms with van der Waals surface area (Å²) in [6.45, 7) is 2.25. The van der Waals surface area contributed by atoms with E-state index in [9.17, 15) is 24.3 Å². The first-order valence-corrected chi connectivity index (χ1v) is 9.01. The van der Waals surface area contributed by atoms with Crippen molar-refractivity contribution in [2.24, 2.45) is 28.1 Å². The molecule has 3 atom stereocenters. The maximum absolute atomic E-state index is 12.4. The highest BCUT2D eigenvalue weighted by molar-refractivity contribution is 5.93. The summed E-state index contributed by atoms with van der Waals surface area (Å²) < 4.78 is 0.